The highest BCUT2D eigenvalue weighted by atomic mass is 16.5. The largest absolute Gasteiger partial charge is 0.376 e. The zero-order chi connectivity index (χ0) is 14.7. The molecule has 0 aromatic rings. The van der Waals surface area contributed by atoms with Gasteiger partial charge in [-0.2, -0.15) is 0 Å². The molecule has 2 N–H and O–H groups in total. The quantitative estimate of drug-likeness (QED) is 0.858. The average molecular weight is 282 g/mol. The van der Waals surface area contributed by atoms with Crippen LogP contribution in [0.2, 0.25) is 0 Å². The van der Waals surface area contributed by atoms with Crippen molar-refractivity contribution in [3.63, 3.8) is 0 Å². The molecule has 1 saturated heterocycles. The summed E-state index contributed by atoms with van der Waals surface area (Å²) >= 11 is 0. The first kappa shape index (κ1) is 15.8. The molecule has 5 atom stereocenters. The second-order valence-corrected chi connectivity index (χ2v) is 6.71. The van der Waals surface area contributed by atoms with Gasteiger partial charge in [-0.1, -0.05) is 13.8 Å². The van der Waals surface area contributed by atoms with E-state index in [-0.39, 0.29) is 24.0 Å². The van der Waals surface area contributed by atoms with Gasteiger partial charge >= 0.3 is 0 Å². The number of rotatable bonds is 4. The van der Waals surface area contributed by atoms with E-state index in [2.05, 4.69) is 20.8 Å². The molecular weight excluding hydrogens is 252 g/mol. The van der Waals surface area contributed by atoms with Crippen LogP contribution >= 0.6 is 0 Å². The SMILES string of the molecule is CCN(CC1CCCO1)C(=O)C1CC(N)C(C)CC1C. The summed E-state index contributed by atoms with van der Waals surface area (Å²) in [5.41, 5.74) is 6.18. The molecule has 1 saturated carbocycles. The van der Waals surface area contributed by atoms with Crippen molar-refractivity contribution in [3.05, 3.63) is 0 Å². The third-order valence-electron chi connectivity index (χ3n) is 5.15. The van der Waals surface area contributed by atoms with E-state index in [1.807, 2.05) is 4.90 Å². The molecule has 0 radical (unpaired) electrons. The van der Waals surface area contributed by atoms with E-state index in [0.717, 1.165) is 45.4 Å². The summed E-state index contributed by atoms with van der Waals surface area (Å²) in [6.07, 6.45) is 4.35. The van der Waals surface area contributed by atoms with Crippen molar-refractivity contribution in [3.8, 4) is 0 Å². The lowest BCUT2D eigenvalue weighted by Crippen LogP contribution is -2.48. The molecule has 116 valence electrons. The second kappa shape index (κ2) is 6.90. The fraction of sp³-hybridized carbons (Fsp3) is 0.938. The summed E-state index contributed by atoms with van der Waals surface area (Å²) in [5, 5.41) is 0. The number of hydrogen-bond donors (Lipinski definition) is 1. The summed E-state index contributed by atoms with van der Waals surface area (Å²) in [6.45, 7) is 8.83. The minimum Gasteiger partial charge on any atom is -0.376 e. The average Bonchev–Trinajstić information content (AvgIpc) is 2.92. The number of amides is 1. The molecule has 1 heterocycles. The molecule has 4 heteroatoms. The van der Waals surface area contributed by atoms with Crippen LogP contribution in [-0.2, 0) is 9.53 Å². The van der Waals surface area contributed by atoms with Crippen molar-refractivity contribution in [2.45, 2.75) is 58.6 Å². The number of hydrogen-bond acceptors (Lipinski definition) is 3. The molecule has 4 nitrogen and oxygen atoms in total. The molecule has 2 aliphatic rings. The first-order valence-corrected chi connectivity index (χ1v) is 8.18. The van der Waals surface area contributed by atoms with Gasteiger partial charge in [0.25, 0.3) is 0 Å². The fourth-order valence-corrected chi connectivity index (χ4v) is 3.67. The van der Waals surface area contributed by atoms with Crippen molar-refractivity contribution in [2.24, 2.45) is 23.5 Å². The smallest absolute Gasteiger partial charge is 0.226 e. The molecule has 1 aliphatic carbocycles. The Labute approximate surface area is 123 Å². The zero-order valence-electron chi connectivity index (χ0n) is 13.2. The first-order valence-electron chi connectivity index (χ1n) is 8.18. The van der Waals surface area contributed by atoms with Crippen LogP contribution in [0.3, 0.4) is 0 Å². The van der Waals surface area contributed by atoms with Gasteiger partial charge in [-0.3, -0.25) is 4.79 Å². The molecular formula is C16H30N2O2. The van der Waals surface area contributed by atoms with Crippen molar-refractivity contribution in [2.75, 3.05) is 19.7 Å². The summed E-state index contributed by atoms with van der Waals surface area (Å²) in [4.78, 5) is 14.8. The number of carbonyl (C=O) groups is 1. The van der Waals surface area contributed by atoms with E-state index in [9.17, 15) is 4.79 Å². The minimum absolute atomic E-state index is 0.0996. The van der Waals surface area contributed by atoms with E-state index >= 15 is 0 Å². The van der Waals surface area contributed by atoms with E-state index in [1.165, 1.54) is 0 Å². The van der Waals surface area contributed by atoms with Crippen LogP contribution in [-0.4, -0.2) is 42.6 Å². The third-order valence-corrected chi connectivity index (χ3v) is 5.15. The van der Waals surface area contributed by atoms with Gasteiger partial charge in [0.2, 0.25) is 5.91 Å². The summed E-state index contributed by atoms with van der Waals surface area (Å²) < 4.78 is 5.67. The predicted octanol–water partition coefficient (Wildman–Crippen LogP) is 2.02. The van der Waals surface area contributed by atoms with Gasteiger partial charge < -0.3 is 15.4 Å². The van der Waals surface area contributed by atoms with Crippen molar-refractivity contribution >= 4 is 5.91 Å². The monoisotopic (exact) mass is 282 g/mol. The van der Waals surface area contributed by atoms with Gasteiger partial charge in [-0.25, -0.2) is 0 Å². The van der Waals surface area contributed by atoms with E-state index in [0.29, 0.717) is 11.8 Å². The van der Waals surface area contributed by atoms with Gasteiger partial charge in [-0.15, -0.1) is 0 Å². The maximum atomic E-state index is 12.8. The molecule has 0 spiro atoms. The maximum Gasteiger partial charge on any atom is 0.226 e. The topological polar surface area (TPSA) is 55.6 Å². The predicted molar refractivity (Wildman–Crippen MR) is 80.3 cm³/mol. The van der Waals surface area contributed by atoms with Gasteiger partial charge in [0, 0.05) is 31.7 Å². The highest BCUT2D eigenvalue weighted by Gasteiger charge is 2.37. The lowest BCUT2D eigenvalue weighted by atomic mass is 9.72. The molecule has 0 aromatic heterocycles. The zero-order valence-corrected chi connectivity index (χ0v) is 13.2. The molecule has 0 bridgehead atoms. The van der Waals surface area contributed by atoms with Crippen LogP contribution < -0.4 is 5.73 Å². The molecule has 5 unspecified atom stereocenters. The molecule has 1 aliphatic heterocycles. The Hall–Kier alpha value is -0.610. The second-order valence-electron chi connectivity index (χ2n) is 6.71. The van der Waals surface area contributed by atoms with Crippen molar-refractivity contribution in [1.82, 2.24) is 4.90 Å². The van der Waals surface area contributed by atoms with Gasteiger partial charge in [0.05, 0.1) is 6.10 Å². The molecule has 2 fully saturated rings. The number of ether oxygens (including phenoxy) is 1. The minimum atomic E-state index is 0.0996. The number of likely N-dealkylation sites (N-methyl/N-ethyl adjacent to an activating group) is 1. The fourth-order valence-electron chi connectivity index (χ4n) is 3.67. The first-order chi connectivity index (χ1) is 9.52. The lowest BCUT2D eigenvalue weighted by molar-refractivity contribution is -0.140. The maximum absolute atomic E-state index is 12.8. The van der Waals surface area contributed by atoms with E-state index in [4.69, 9.17) is 10.5 Å². The number of carbonyl (C=O) groups excluding carboxylic acids is 1. The molecule has 0 aromatic carbocycles. The highest BCUT2D eigenvalue weighted by molar-refractivity contribution is 5.79. The highest BCUT2D eigenvalue weighted by Crippen LogP contribution is 2.34. The standard InChI is InChI=1S/C16H30N2O2/c1-4-18(10-13-6-5-7-20-13)16(19)14-9-15(17)12(3)8-11(14)2/h11-15H,4-10,17H2,1-3H3. The van der Waals surface area contributed by atoms with Crippen LogP contribution in [0.4, 0.5) is 0 Å². The third kappa shape index (κ3) is 3.53. The Morgan fingerprint density at radius 3 is 2.65 bits per heavy atom. The van der Waals surface area contributed by atoms with Crippen LogP contribution in [0.5, 0.6) is 0 Å². The molecule has 2 rings (SSSR count). The Bertz CT molecular complexity index is 328. The Morgan fingerprint density at radius 2 is 2.05 bits per heavy atom. The number of nitrogens with zero attached hydrogens (tertiary/aromatic N) is 1. The van der Waals surface area contributed by atoms with Crippen molar-refractivity contribution in [1.29, 1.82) is 0 Å². The Balaban J connectivity index is 1.96. The summed E-state index contributed by atoms with van der Waals surface area (Å²) in [6, 6.07) is 0.168. The van der Waals surface area contributed by atoms with Crippen LogP contribution in [0.25, 0.3) is 0 Å². The van der Waals surface area contributed by atoms with Crippen molar-refractivity contribution < 1.29 is 9.53 Å². The van der Waals surface area contributed by atoms with E-state index in [1.54, 1.807) is 0 Å². The summed E-state index contributed by atoms with van der Waals surface area (Å²) in [5.74, 6) is 1.36. The van der Waals surface area contributed by atoms with E-state index < -0.39 is 0 Å². The molecule has 1 amide bonds. The van der Waals surface area contributed by atoms with Gasteiger partial charge in [0.15, 0.2) is 0 Å². The Morgan fingerprint density at radius 1 is 1.30 bits per heavy atom. The lowest BCUT2D eigenvalue weighted by Gasteiger charge is -2.38. The Kier molecular flexibility index (Phi) is 5.44. The molecule has 20 heavy (non-hydrogen) atoms. The summed E-state index contributed by atoms with van der Waals surface area (Å²) in [7, 11) is 0. The van der Waals surface area contributed by atoms with Gasteiger partial charge in [-0.05, 0) is 44.4 Å². The van der Waals surface area contributed by atoms with Gasteiger partial charge in [0.1, 0.15) is 0 Å². The van der Waals surface area contributed by atoms with Crippen LogP contribution in [0.15, 0.2) is 0 Å². The normalized spacial score (nSPS) is 37.9. The number of nitrogens with two attached hydrogens (primary N) is 1. The van der Waals surface area contributed by atoms with Crippen LogP contribution in [0, 0.1) is 17.8 Å². The van der Waals surface area contributed by atoms with Crippen LogP contribution in [0.1, 0.15) is 46.5 Å².